The second-order valence-electron chi connectivity index (χ2n) is 4.04. The number of hydrogen-bond acceptors (Lipinski definition) is 5. The highest BCUT2D eigenvalue weighted by molar-refractivity contribution is 5.91. The Morgan fingerprint density at radius 3 is 2.75 bits per heavy atom. The third kappa shape index (κ3) is 2.45. The van der Waals surface area contributed by atoms with Crippen LogP contribution < -0.4 is 4.74 Å². The van der Waals surface area contributed by atoms with E-state index >= 15 is 0 Å². The minimum atomic E-state index is -0.756. The summed E-state index contributed by atoms with van der Waals surface area (Å²) in [6.07, 6.45) is 2.96. The third-order valence-electron chi connectivity index (χ3n) is 2.75. The van der Waals surface area contributed by atoms with Crippen LogP contribution in [0, 0.1) is 12.7 Å². The Hall–Kier alpha value is -2.50. The van der Waals surface area contributed by atoms with Gasteiger partial charge in [0.1, 0.15) is 11.4 Å². The number of rotatable bonds is 3. The van der Waals surface area contributed by atoms with E-state index in [1.54, 1.807) is 13.0 Å². The number of carbonyl (C=O) groups is 1. The molecule has 0 aromatic carbocycles. The molecule has 0 atom stereocenters. The first-order valence-corrected chi connectivity index (χ1v) is 5.82. The topological polar surface area (TPSA) is 61.3 Å². The summed E-state index contributed by atoms with van der Waals surface area (Å²) in [5.74, 6) is -1.08. The molecule has 6 heteroatoms. The van der Waals surface area contributed by atoms with Gasteiger partial charge in [-0.25, -0.2) is 14.2 Å². The molecule has 5 nitrogen and oxygen atoms in total. The van der Waals surface area contributed by atoms with E-state index < -0.39 is 11.8 Å². The number of aromatic nitrogens is 2. The van der Waals surface area contributed by atoms with Crippen LogP contribution in [0.1, 0.15) is 16.1 Å². The average molecular weight is 276 g/mol. The number of ether oxygens (including phenoxy) is 2. The van der Waals surface area contributed by atoms with Gasteiger partial charge in [-0.15, -0.1) is 0 Å². The molecule has 20 heavy (non-hydrogen) atoms. The van der Waals surface area contributed by atoms with Crippen LogP contribution in [0.2, 0.25) is 0 Å². The zero-order valence-corrected chi connectivity index (χ0v) is 11.3. The lowest BCUT2D eigenvalue weighted by atomic mass is 10.1. The summed E-state index contributed by atoms with van der Waals surface area (Å²) in [7, 11) is 2.66. The van der Waals surface area contributed by atoms with Crippen molar-refractivity contribution in [1.82, 2.24) is 9.97 Å². The summed E-state index contributed by atoms with van der Waals surface area (Å²) in [5.41, 5.74) is 0.713. The number of methoxy groups -OCH3 is 2. The summed E-state index contributed by atoms with van der Waals surface area (Å²) in [4.78, 5) is 19.6. The summed E-state index contributed by atoms with van der Waals surface area (Å²) >= 11 is 0. The maximum atomic E-state index is 14.4. The van der Waals surface area contributed by atoms with E-state index in [9.17, 15) is 9.18 Å². The van der Waals surface area contributed by atoms with Gasteiger partial charge >= 0.3 is 5.97 Å². The molecule has 0 amide bonds. The van der Waals surface area contributed by atoms with E-state index in [4.69, 9.17) is 4.74 Å². The summed E-state index contributed by atoms with van der Waals surface area (Å²) in [6, 6.07) is 2.93. The molecular formula is C14H13FN2O3. The Labute approximate surface area is 115 Å². The van der Waals surface area contributed by atoms with Crippen LogP contribution >= 0.6 is 0 Å². The summed E-state index contributed by atoms with van der Waals surface area (Å²) in [5, 5.41) is 0. The van der Waals surface area contributed by atoms with Crippen LogP contribution in [-0.2, 0) is 4.74 Å². The Balaban J connectivity index is 2.68. The molecule has 0 saturated carbocycles. The predicted octanol–water partition coefficient (Wildman–Crippen LogP) is 2.39. The number of nitrogens with zero attached hydrogens (tertiary/aromatic N) is 2. The molecule has 0 unspecified atom stereocenters. The monoisotopic (exact) mass is 276 g/mol. The van der Waals surface area contributed by atoms with Crippen molar-refractivity contribution >= 4 is 5.97 Å². The van der Waals surface area contributed by atoms with Gasteiger partial charge in [-0.3, -0.25) is 4.98 Å². The van der Waals surface area contributed by atoms with Crippen molar-refractivity contribution in [1.29, 1.82) is 0 Å². The molecule has 0 bridgehead atoms. The van der Waals surface area contributed by atoms with Crippen LogP contribution in [-0.4, -0.2) is 30.2 Å². The molecular weight excluding hydrogens is 263 g/mol. The van der Waals surface area contributed by atoms with Gasteiger partial charge in [0.2, 0.25) is 0 Å². The first kappa shape index (κ1) is 13.9. The highest BCUT2D eigenvalue weighted by Crippen LogP contribution is 2.31. The maximum absolute atomic E-state index is 14.4. The van der Waals surface area contributed by atoms with Gasteiger partial charge in [-0.05, 0) is 19.1 Å². The predicted molar refractivity (Wildman–Crippen MR) is 70.1 cm³/mol. The fourth-order valence-electron chi connectivity index (χ4n) is 1.83. The molecule has 0 spiro atoms. The van der Waals surface area contributed by atoms with E-state index in [1.165, 1.54) is 32.7 Å². The van der Waals surface area contributed by atoms with Crippen LogP contribution in [0.3, 0.4) is 0 Å². The second-order valence-corrected chi connectivity index (χ2v) is 4.04. The van der Waals surface area contributed by atoms with Gasteiger partial charge in [-0.2, -0.15) is 0 Å². The lowest BCUT2D eigenvalue weighted by Gasteiger charge is -2.11. The van der Waals surface area contributed by atoms with E-state index in [-0.39, 0.29) is 11.3 Å². The Morgan fingerprint density at radius 2 is 2.10 bits per heavy atom. The van der Waals surface area contributed by atoms with Gasteiger partial charge in [0.25, 0.3) is 0 Å². The zero-order valence-electron chi connectivity index (χ0n) is 11.3. The number of esters is 1. The number of hydrogen-bond donors (Lipinski definition) is 0. The zero-order chi connectivity index (χ0) is 14.7. The maximum Gasteiger partial charge on any atom is 0.340 e. The fraction of sp³-hybridized carbons (Fsp3) is 0.214. The molecule has 0 N–H and O–H groups in total. The smallest absolute Gasteiger partial charge is 0.340 e. The van der Waals surface area contributed by atoms with Gasteiger partial charge in [0, 0.05) is 18.1 Å². The van der Waals surface area contributed by atoms with Crippen molar-refractivity contribution in [2.75, 3.05) is 14.2 Å². The molecule has 2 rings (SSSR count). The number of carbonyl (C=O) groups excluding carboxylic acids is 1. The molecule has 2 aromatic heterocycles. The fourth-order valence-corrected chi connectivity index (χ4v) is 1.83. The lowest BCUT2D eigenvalue weighted by Crippen LogP contribution is -2.08. The largest absolute Gasteiger partial charge is 0.496 e. The Morgan fingerprint density at radius 1 is 1.35 bits per heavy atom. The minimum Gasteiger partial charge on any atom is -0.496 e. The molecule has 0 saturated heterocycles. The quantitative estimate of drug-likeness (QED) is 0.805. The highest BCUT2D eigenvalue weighted by Gasteiger charge is 2.21. The summed E-state index contributed by atoms with van der Waals surface area (Å²) in [6.45, 7) is 1.66. The summed E-state index contributed by atoms with van der Waals surface area (Å²) < 4.78 is 24.2. The van der Waals surface area contributed by atoms with E-state index in [0.29, 0.717) is 17.0 Å². The molecule has 0 aliphatic rings. The number of pyridine rings is 2. The average Bonchev–Trinajstić information content (AvgIpc) is 2.48. The SMILES string of the molecule is COC(=O)c1cc(C)nc(-c2cnccc2OC)c1F. The van der Waals surface area contributed by atoms with Crippen molar-refractivity contribution in [3.8, 4) is 17.0 Å². The Bertz CT molecular complexity index is 659. The molecule has 0 fully saturated rings. The Kier molecular flexibility index (Phi) is 3.93. The van der Waals surface area contributed by atoms with E-state index in [0.717, 1.165) is 0 Å². The standard InChI is InChI=1S/C14H13FN2O3/c1-8-6-9(14(18)20-3)12(15)13(17-8)10-7-16-5-4-11(10)19-2/h4-7H,1-3H3. The van der Waals surface area contributed by atoms with Gasteiger partial charge in [-0.1, -0.05) is 0 Å². The van der Waals surface area contributed by atoms with Crippen LogP contribution in [0.25, 0.3) is 11.3 Å². The van der Waals surface area contributed by atoms with Crippen LogP contribution in [0.4, 0.5) is 4.39 Å². The number of halogens is 1. The number of aryl methyl sites for hydroxylation is 1. The first-order chi connectivity index (χ1) is 9.58. The van der Waals surface area contributed by atoms with Crippen molar-refractivity contribution in [3.05, 3.63) is 41.6 Å². The third-order valence-corrected chi connectivity index (χ3v) is 2.75. The first-order valence-electron chi connectivity index (χ1n) is 5.82. The van der Waals surface area contributed by atoms with Crippen molar-refractivity contribution in [3.63, 3.8) is 0 Å². The molecule has 2 heterocycles. The molecule has 2 aromatic rings. The second kappa shape index (κ2) is 5.64. The van der Waals surface area contributed by atoms with Crippen molar-refractivity contribution in [2.45, 2.75) is 6.92 Å². The molecule has 0 aliphatic heterocycles. The van der Waals surface area contributed by atoms with Crippen LogP contribution in [0.5, 0.6) is 5.75 Å². The lowest BCUT2D eigenvalue weighted by molar-refractivity contribution is 0.0595. The van der Waals surface area contributed by atoms with E-state index in [2.05, 4.69) is 14.7 Å². The van der Waals surface area contributed by atoms with Crippen LogP contribution in [0.15, 0.2) is 24.5 Å². The van der Waals surface area contributed by atoms with Gasteiger partial charge in [0.15, 0.2) is 5.82 Å². The molecule has 0 radical (unpaired) electrons. The molecule has 104 valence electrons. The normalized spacial score (nSPS) is 10.2. The highest BCUT2D eigenvalue weighted by atomic mass is 19.1. The molecule has 0 aliphatic carbocycles. The van der Waals surface area contributed by atoms with E-state index in [1.807, 2.05) is 0 Å². The van der Waals surface area contributed by atoms with Crippen molar-refractivity contribution in [2.24, 2.45) is 0 Å². The van der Waals surface area contributed by atoms with Gasteiger partial charge < -0.3 is 9.47 Å². The van der Waals surface area contributed by atoms with Gasteiger partial charge in [0.05, 0.1) is 25.3 Å². The van der Waals surface area contributed by atoms with Crippen molar-refractivity contribution < 1.29 is 18.7 Å². The minimum absolute atomic E-state index is 0.00958.